The second kappa shape index (κ2) is 9.09. The molecule has 4 heterocycles. The van der Waals surface area contributed by atoms with E-state index in [0.717, 1.165) is 37.8 Å². The van der Waals surface area contributed by atoms with Crippen LogP contribution in [-0.2, 0) is 4.79 Å². The van der Waals surface area contributed by atoms with E-state index in [1.54, 1.807) is 30.0 Å². The van der Waals surface area contributed by atoms with E-state index >= 15 is 0 Å². The topological polar surface area (TPSA) is 130 Å². The Kier molecular flexibility index (Phi) is 5.96. The molecule has 3 aromatic heterocycles. The van der Waals surface area contributed by atoms with E-state index in [0.29, 0.717) is 41.3 Å². The van der Waals surface area contributed by atoms with Gasteiger partial charge in [0.15, 0.2) is 5.78 Å². The first-order valence-corrected chi connectivity index (χ1v) is 12.0. The molecule has 1 aliphatic heterocycles. The number of carboxylic acids is 1. The van der Waals surface area contributed by atoms with E-state index < -0.39 is 12.0 Å². The number of hydrogen-bond acceptors (Lipinski definition) is 8. The molecule has 2 fully saturated rings. The Hall–Kier alpha value is -3.82. The van der Waals surface area contributed by atoms with Crippen molar-refractivity contribution < 1.29 is 14.7 Å². The standard InChI is InChI=1S/C25H28N6O4/c1-14-18-13-27-25(28-20-10-9-17(12-26-20)30-11-5-8-19(30)24(34)35)29-22(18)31(16-6-3-4-7-16)23(33)21(14)15(2)32/h9-10,12-13,16,19H,3-8,11H2,1-2H3,(H,34,35)(H,26,27,28,29)/t19-/m0/s1. The van der Waals surface area contributed by atoms with Crippen LogP contribution < -0.4 is 15.8 Å². The lowest BCUT2D eigenvalue weighted by atomic mass is 10.0. The molecular weight excluding hydrogens is 448 g/mol. The van der Waals surface area contributed by atoms with Gasteiger partial charge >= 0.3 is 5.97 Å². The molecule has 1 saturated carbocycles. The van der Waals surface area contributed by atoms with E-state index in [-0.39, 0.29) is 22.9 Å². The third-order valence-electron chi connectivity index (χ3n) is 7.11. The molecule has 0 amide bonds. The average molecular weight is 477 g/mol. The highest BCUT2D eigenvalue weighted by Gasteiger charge is 2.31. The molecule has 182 valence electrons. The van der Waals surface area contributed by atoms with E-state index in [4.69, 9.17) is 0 Å². The molecule has 0 radical (unpaired) electrons. The number of fused-ring (bicyclic) bond motifs is 1. The Morgan fingerprint density at radius 1 is 1.09 bits per heavy atom. The molecular formula is C25H28N6O4. The number of carbonyl (C=O) groups is 2. The zero-order valence-electron chi connectivity index (χ0n) is 19.8. The summed E-state index contributed by atoms with van der Waals surface area (Å²) < 4.78 is 1.68. The summed E-state index contributed by atoms with van der Waals surface area (Å²) in [7, 11) is 0. The van der Waals surface area contributed by atoms with E-state index in [1.807, 2.05) is 11.0 Å². The second-order valence-electron chi connectivity index (χ2n) is 9.32. The summed E-state index contributed by atoms with van der Waals surface area (Å²) in [6, 6.07) is 3.06. The normalized spacial score (nSPS) is 18.3. The summed E-state index contributed by atoms with van der Waals surface area (Å²) in [4.78, 5) is 52.5. The maximum Gasteiger partial charge on any atom is 0.326 e. The van der Waals surface area contributed by atoms with Crippen molar-refractivity contribution in [3.63, 3.8) is 0 Å². The lowest BCUT2D eigenvalue weighted by molar-refractivity contribution is -0.138. The molecule has 1 aliphatic carbocycles. The molecule has 1 atom stereocenters. The minimum absolute atomic E-state index is 0.00602. The summed E-state index contributed by atoms with van der Waals surface area (Å²) in [6.45, 7) is 3.86. The van der Waals surface area contributed by atoms with Crippen molar-refractivity contribution in [3.05, 3.63) is 46.0 Å². The van der Waals surface area contributed by atoms with Gasteiger partial charge in [-0.3, -0.25) is 14.2 Å². The van der Waals surface area contributed by atoms with Crippen molar-refractivity contribution in [2.75, 3.05) is 16.8 Å². The van der Waals surface area contributed by atoms with Gasteiger partial charge in [-0.05, 0) is 57.2 Å². The fraction of sp³-hybridized carbons (Fsp3) is 0.440. The molecule has 0 spiro atoms. The van der Waals surface area contributed by atoms with Crippen LogP contribution in [0.15, 0.2) is 29.3 Å². The van der Waals surface area contributed by atoms with Gasteiger partial charge < -0.3 is 15.3 Å². The first-order valence-electron chi connectivity index (χ1n) is 12.0. The van der Waals surface area contributed by atoms with Crippen LogP contribution >= 0.6 is 0 Å². The molecule has 0 bridgehead atoms. The van der Waals surface area contributed by atoms with Crippen molar-refractivity contribution in [2.24, 2.45) is 0 Å². The van der Waals surface area contributed by atoms with Crippen LogP contribution in [0.3, 0.4) is 0 Å². The van der Waals surface area contributed by atoms with Crippen molar-refractivity contribution in [2.45, 2.75) is 64.5 Å². The largest absolute Gasteiger partial charge is 0.480 e. The van der Waals surface area contributed by atoms with E-state index in [2.05, 4.69) is 20.3 Å². The summed E-state index contributed by atoms with van der Waals surface area (Å²) >= 11 is 0. The predicted molar refractivity (Wildman–Crippen MR) is 132 cm³/mol. The number of anilines is 3. The Labute approximate surface area is 202 Å². The molecule has 10 nitrogen and oxygen atoms in total. The van der Waals surface area contributed by atoms with Gasteiger partial charge in [0, 0.05) is 24.2 Å². The minimum atomic E-state index is -0.828. The fourth-order valence-electron chi connectivity index (χ4n) is 5.39. The Balaban J connectivity index is 1.49. The van der Waals surface area contributed by atoms with Crippen LogP contribution in [0.2, 0.25) is 0 Å². The monoisotopic (exact) mass is 476 g/mol. The number of nitrogens with zero attached hydrogens (tertiary/aromatic N) is 5. The number of rotatable bonds is 6. The molecule has 2 aliphatic rings. The number of carbonyl (C=O) groups excluding carboxylic acids is 1. The molecule has 35 heavy (non-hydrogen) atoms. The maximum absolute atomic E-state index is 13.3. The number of carboxylic acid groups (broad SMARTS) is 1. The van der Waals surface area contributed by atoms with Crippen molar-refractivity contribution >= 4 is 40.2 Å². The smallest absolute Gasteiger partial charge is 0.326 e. The first kappa shape index (κ1) is 22.9. The van der Waals surface area contributed by atoms with Gasteiger partial charge in [0.1, 0.15) is 17.5 Å². The summed E-state index contributed by atoms with van der Waals surface area (Å²) in [5, 5.41) is 13.2. The summed E-state index contributed by atoms with van der Waals surface area (Å²) in [5.41, 5.74) is 1.77. The number of ketones is 1. The number of aromatic nitrogens is 4. The van der Waals surface area contributed by atoms with Gasteiger partial charge in [-0.1, -0.05) is 12.8 Å². The number of aryl methyl sites for hydroxylation is 1. The van der Waals surface area contributed by atoms with Gasteiger partial charge in [0.2, 0.25) is 5.95 Å². The number of pyridine rings is 2. The molecule has 5 rings (SSSR count). The first-order chi connectivity index (χ1) is 16.8. The van der Waals surface area contributed by atoms with Crippen molar-refractivity contribution in [3.8, 4) is 0 Å². The minimum Gasteiger partial charge on any atom is -0.480 e. The Bertz CT molecular complexity index is 1360. The quantitative estimate of drug-likeness (QED) is 0.512. The molecule has 2 N–H and O–H groups in total. The van der Waals surface area contributed by atoms with Crippen LogP contribution in [0.4, 0.5) is 17.5 Å². The van der Waals surface area contributed by atoms with Crippen LogP contribution in [0.5, 0.6) is 0 Å². The molecule has 10 heteroatoms. The highest BCUT2D eigenvalue weighted by Crippen LogP contribution is 2.32. The number of hydrogen-bond donors (Lipinski definition) is 2. The number of aliphatic carboxylic acids is 1. The zero-order valence-corrected chi connectivity index (χ0v) is 19.8. The van der Waals surface area contributed by atoms with E-state index in [1.165, 1.54) is 6.92 Å². The third-order valence-corrected chi connectivity index (χ3v) is 7.11. The second-order valence-corrected chi connectivity index (χ2v) is 9.32. The predicted octanol–water partition coefficient (Wildman–Crippen LogP) is 3.61. The summed E-state index contributed by atoms with van der Waals surface area (Å²) in [5.74, 6) is -0.281. The van der Waals surface area contributed by atoms with Gasteiger partial charge in [-0.15, -0.1) is 0 Å². The third kappa shape index (κ3) is 4.13. The SMILES string of the molecule is CC(=O)c1c(C)c2cnc(Nc3ccc(N4CCC[C@H]4C(=O)O)cn3)nc2n(C2CCCC2)c1=O. The van der Waals surface area contributed by atoms with Gasteiger partial charge in [0.05, 0.1) is 17.4 Å². The fourth-order valence-corrected chi connectivity index (χ4v) is 5.39. The number of nitrogens with one attached hydrogen (secondary N) is 1. The van der Waals surface area contributed by atoms with Crippen LogP contribution in [0.25, 0.3) is 11.0 Å². The Morgan fingerprint density at radius 2 is 1.86 bits per heavy atom. The maximum atomic E-state index is 13.3. The molecule has 0 unspecified atom stereocenters. The highest BCUT2D eigenvalue weighted by atomic mass is 16.4. The molecule has 0 aromatic carbocycles. The van der Waals surface area contributed by atoms with Crippen molar-refractivity contribution in [1.82, 2.24) is 19.5 Å². The van der Waals surface area contributed by atoms with Crippen LogP contribution in [-0.4, -0.2) is 49.0 Å². The van der Waals surface area contributed by atoms with E-state index in [9.17, 15) is 19.5 Å². The lowest BCUT2D eigenvalue weighted by Gasteiger charge is -2.23. The Morgan fingerprint density at radius 3 is 2.51 bits per heavy atom. The number of Topliss-reactive ketones (excluding diaryl/α,β-unsaturated/α-hetero) is 1. The average Bonchev–Trinajstić information content (AvgIpc) is 3.52. The van der Waals surface area contributed by atoms with Crippen LogP contribution in [0.1, 0.15) is 67.4 Å². The molecule has 1 saturated heterocycles. The van der Waals surface area contributed by atoms with Crippen molar-refractivity contribution in [1.29, 1.82) is 0 Å². The van der Waals surface area contributed by atoms with Gasteiger partial charge in [-0.25, -0.2) is 14.8 Å². The van der Waals surface area contributed by atoms with Gasteiger partial charge in [-0.2, -0.15) is 4.98 Å². The summed E-state index contributed by atoms with van der Waals surface area (Å²) in [6.07, 6.45) is 8.55. The zero-order chi connectivity index (χ0) is 24.7. The highest BCUT2D eigenvalue weighted by molar-refractivity contribution is 5.99. The molecule has 3 aromatic rings. The lowest BCUT2D eigenvalue weighted by Crippen LogP contribution is -2.35. The van der Waals surface area contributed by atoms with Crippen LogP contribution in [0, 0.1) is 6.92 Å². The van der Waals surface area contributed by atoms with Gasteiger partial charge in [0.25, 0.3) is 5.56 Å².